The van der Waals surface area contributed by atoms with E-state index < -0.39 is 0 Å². The third-order valence-corrected chi connectivity index (χ3v) is 4.53. The summed E-state index contributed by atoms with van der Waals surface area (Å²) in [5.41, 5.74) is 1.37. The van der Waals surface area contributed by atoms with E-state index in [9.17, 15) is 9.59 Å². The van der Waals surface area contributed by atoms with Gasteiger partial charge in [-0.2, -0.15) is 0 Å². The SMILES string of the molecule is COc1cccc(NC(=O)CSc2cccc(NC(=O)CC(C)(C)C)c2)c1. The van der Waals surface area contributed by atoms with Crippen molar-refractivity contribution in [3.8, 4) is 5.75 Å². The molecule has 2 rings (SSSR count). The van der Waals surface area contributed by atoms with Gasteiger partial charge in [-0.25, -0.2) is 0 Å². The Kier molecular flexibility index (Phi) is 7.30. The largest absolute Gasteiger partial charge is 0.497 e. The molecule has 27 heavy (non-hydrogen) atoms. The lowest BCUT2D eigenvalue weighted by atomic mass is 9.92. The van der Waals surface area contributed by atoms with E-state index in [2.05, 4.69) is 10.6 Å². The quantitative estimate of drug-likeness (QED) is 0.671. The van der Waals surface area contributed by atoms with Gasteiger partial charge in [-0.1, -0.05) is 32.9 Å². The molecule has 0 unspecified atom stereocenters. The van der Waals surface area contributed by atoms with Gasteiger partial charge in [0, 0.05) is 28.8 Å². The van der Waals surface area contributed by atoms with Gasteiger partial charge in [0.15, 0.2) is 0 Å². The number of methoxy groups -OCH3 is 1. The maximum atomic E-state index is 12.2. The molecule has 0 atom stereocenters. The number of benzene rings is 2. The lowest BCUT2D eigenvalue weighted by Gasteiger charge is -2.17. The van der Waals surface area contributed by atoms with Gasteiger partial charge in [0.25, 0.3) is 0 Å². The summed E-state index contributed by atoms with van der Waals surface area (Å²) >= 11 is 1.42. The van der Waals surface area contributed by atoms with Crippen molar-refractivity contribution < 1.29 is 14.3 Å². The molecule has 0 aliphatic rings. The molecule has 0 radical (unpaired) electrons. The van der Waals surface area contributed by atoms with Crippen molar-refractivity contribution in [2.24, 2.45) is 5.41 Å². The highest BCUT2D eigenvalue weighted by Crippen LogP contribution is 2.24. The van der Waals surface area contributed by atoms with E-state index >= 15 is 0 Å². The van der Waals surface area contributed by atoms with Crippen molar-refractivity contribution >= 4 is 35.0 Å². The number of carbonyl (C=O) groups excluding carboxylic acids is 2. The van der Waals surface area contributed by atoms with Crippen molar-refractivity contribution in [1.29, 1.82) is 0 Å². The number of rotatable bonds is 7. The molecule has 0 heterocycles. The van der Waals surface area contributed by atoms with E-state index in [-0.39, 0.29) is 23.0 Å². The van der Waals surface area contributed by atoms with Crippen LogP contribution in [-0.4, -0.2) is 24.7 Å². The predicted octanol–water partition coefficient (Wildman–Crippen LogP) is 4.80. The fraction of sp³-hybridized carbons (Fsp3) is 0.333. The van der Waals surface area contributed by atoms with E-state index in [4.69, 9.17) is 4.74 Å². The van der Waals surface area contributed by atoms with Crippen molar-refractivity contribution in [2.45, 2.75) is 32.1 Å². The van der Waals surface area contributed by atoms with E-state index in [1.165, 1.54) is 11.8 Å². The highest BCUT2D eigenvalue weighted by atomic mass is 32.2. The Morgan fingerprint density at radius 2 is 1.59 bits per heavy atom. The maximum Gasteiger partial charge on any atom is 0.234 e. The first-order chi connectivity index (χ1) is 12.7. The number of nitrogens with one attached hydrogen (secondary N) is 2. The van der Waals surface area contributed by atoms with Crippen LogP contribution in [0.3, 0.4) is 0 Å². The molecular formula is C21H26N2O3S. The van der Waals surface area contributed by atoms with Gasteiger partial charge < -0.3 is 15.4 Å². The molecule has 5 nitrogen and oxygen atoms in total. The van der Waals surface area contributed by atoms with Crippen molar-refractivity contribution in [2.75, 3.05) is 23.5 Å². The van der Waals surface area contributed by atoms with Gasteiger partial charge in [0.2, 0.25) is 11.8 Å². The fourth-order valence-electron chi connectivity index (χ4n) is 2.40. The van der Waals surface area contributed by atoms with Crippen LogP contribution in [0, 0.1) is 5.41 Å². The highest BCUT2D eigenvalue weighted by molar-refractivity contribution is 8.00. The number of anilines is 2. The van der Waals surface area contributed by atoms with Gasteiger partial charge in [-0.3, -0.25) is 9.59 Å². The Morgan fingerprint density at radius 3 is 2.26 bits per heavy atom. The molecule has 144 valence electrons. The van der Waals surface area contributed by atoms with Gasteiger partial charge >= 0.3 is 0 Å². The van der Waals surface area contributed by atoms with E-state index in [0.29, 0.717) is 17.9 Å². The van der Waals surface area contributed by atoms with E-state index in [1.54, 1.807) is 13.2 Å². The zero-order valence-electron chi connectivity index (χ0n) is 16.2. The van der Waals surface area contributed by atoms with E-state index in [1.807, 2.05) is 63.2 Å². The summed E-state index contributed by atoms with van der Waals surface area (Å²) in [4.78, 5) is 25.2. The average molecular weight is 387 g/mol. The number of carbonyl (C=O) groups is 2. The first-order valence-electron chi connectivity index (χ1n) is 8.72. The van der Waals surface area contributed by atoms with Crippen molar-refractivity contribution in [1.82, 2.24) is 0 Å². The summed E-state index contributed by atoms with van der Waals surface area (Å²) in [6, 6.07) is 14.8. The third kappa shape index (κ3) is 7.74. The number of hydrogen-bond donors (Lipinski definition) is 2. The van der Waals surface area contributed by atoms with Crippen molar-refractivity contribution in [3.05, 3.63) is 48.5 Å². The zero-order chi connectivity index (χ0) is 19.9. The normalized spacial score (nSPS) is 11.0. The molecule has 2 aromatic carbocycles. The predicted molar refractivity (Wildman–Crippen MR) is 111 cm³/mol. The molecule has 0 fully saturated rings. The standard InChI is InChI=1S/C21H26N2O3S/c1-21(2,3)13-19(24)22-16-8-6-10-18(12-16)27-14-20(25)23-15-7-5-9-17(11-15)26-4/h5-12H,13-14H2,1-4H3,(H,22,24)(H,23,25). The molecule has 0 saturated heterocycles. The first-order valence-corrected chi connectivity index (χ1v) is 9.70. The average Bonchev–Trinajstić information content (AvgIpc) is 2.59. The van der Waals surface area contributed by atoms with Gasteiger partial charge in [0.05, 0.1) is 12.9 Å². The second-order valence-electron chi connectivity index (χ2n) is 7.38. The second kappa shape index (κ2) is 9.46. The molecule has 2 amide bonds. The topological polar surface area (TPSA) is 67.4 Å². The molecular weight excluding hydrogens is 360 g/mol. The number of ether oxygens (including phenoxy) is 1. The minimum absolute atomic E-state index is 0.0135. The molecule has 2 aromatic rings. The first kappa shape index (κ1) is 20.8. The number of thioether (sulfide) groups is 1. The van der Waals surface area contributed by atoms with Crippen LogP contribution in [0.15, 0.2) is 53.4 Å². The Labute approximate surface area is 164 Å². The smallest absolute Gasteiger partial charge is 0.234 e. The summed E-state index contributed by atoms with van der Waals surface area (Å²) in [5.74, 6) is 0.853. The van der Waals surface area contributed by atoms with Crippen LogP contribution in [0.5, 0.6) is 5.75 Å². The second-order valence-corrected chi connectivity index (χ2v) is 8.43. The molecule has 6 heteroatoms. The highest BCUT2D eigenvalue weighted by Gasteiger charge is 2.16. The van der Waals surface area contributed by atoms with Crippen LogP contribution in [0.4, 0.5) is 11.4 Å². The summed E-state index contributed by atoms with van der Waals surface area (Å²) in [6.45, 7) is 6.08. The zero-order valence-corrected chi connectivity index (χ0v) is 17.0. The van der Waals surface area contributed by atoms with Crippen LogP contribution in [0.2, 0.25) is 0 Å². The molecule has 0 aromatic heterocycles. The molecule has 0 aliphatic carbocycles. The minimum Gasteiger partial charge on any atom is -0.497 e. The molecule has 0 bridgehead atoms. The fourth-order valence-corrected chi connectivity index (χ4v) is 3.15. The summed E-state index contributed by atoms with van der Waals surface area (Å²) in [5, 5.41) is 5.76. The number of hydrogen-bond acceptors (Lipinski definition) is 4. The molecule has 0 aliphatic heterocycles. The molecule has 0 saturated carbocycles. The van der Waals surface area contributed by atoms with Gasteiger partial charge in [-0.05, 0) is 35.7 Å². The minimum atomic E-state index is -0.101. The Morgan fingerprint density at radius 1 is 0.963 bits per heavy atom. The van der Waals surface area contributed by atoms with Gasteiger partial charge in [-0.15, -0.1) is 11.8 Å². The van der Waals surface area contributed by atoms with Crippen LogP contribution in [0.25, 0.3) is 0 Å². The summed E-state index contributed by atoms with van der Waals surface area (Å²) in [6.07, 6.45) is 0.452. The number of amides is 2. The molecule has 0 spiro atoms. The Hall–Kier alpha value is -2.47. The van der Waals surface area contributed by atoms with Crippen molar-refractivity contribution in [3.63, 3.8) is 0 Å². The van der Waals surface area contributed by atoms with Crippen LogP contribution < -0.4 is 15.4 Å². The summed E-state index contributed by atoms with van der Waals surface area (Å²) in [7, 11) is 1.59. The Balaban J connectivity index is 1.88. The van der Waals surface area contributed by atoms with E-state index in [0.717, 1.165) is 10.6 Å². The lowest BCUT2D eigenvalue weighted by molar-refractivity contribution is -0.118. The van der Waals surface area contributed by atoms with Crippen LogP contribution in [0.1, 0.15) is 27.2 Å². The monoisotopic (exact) mass is 386 g/mol. The summed E-state index contributed by atoms with van der Waals surface area (Å²) < 4.78 is 5.15. The van der Waals surface area contributed by atoms with Crippen LogP contribution >= 0.6 is 11.8 Å². The third-order valence-electron chi connectivity index (χ3n) is 3.53. The molecule has 2 N–H and O–H groups in total. The van der Waals surface area contributed by atoms with Gasteiger partial charge in [0.1, 0.15) is 5.75 Å². The maximum absolute atomic E-state index is 12.2. The Bertz CT molecular complexity index is 800. The lowest BCUT2D eigenvalue weighted by Crippen LogP contribution is -2.19. The van der Waals surface area contributed by atoms with Crippen LogP contribution in [-0.2, 0) is 9.59 Å².